The summed E-state index contributed by atoms with van der Waals surface area (Å²) in [4.78, 5) is 0. The van der Waals surface area contributed by atoms with Crippen LogP contribution in [0.25, 0.3) is 0 Å². The summed E-state index contributed by atoms with van der Waals surface area (Å²) in [6, 6.07) is 13.7. The summed E-state index contributed by atoms with van der Waals surface area (Å²) < 4.78 is 11.6. The molecule has 0 aliphatic carbocycles. The molecule has 0 aliphatic rings. The van der Waals surface area contributed by atoms with Gasteiger partial charge in [0, 0.05) is 0 Å². The minimum atomic E-state index is 0.0758. The highest BCUT2D eigenvalue weighted by atomic mass is 16.5. The van der Waals surface area contributed by atoms with Crippen LogP contribution >= 0.6 is 0 Å². The zero-order chi connectivity index (χ0) is 15.4. The van der Waals surface area contributed by atoms with Crippen molar-refractivity contribution in [2.24, 2.45) is 0 Å². The van der Waals surface area contributed by atoms with Crippen molar-refractivity contribution in [2.45, 2.75) is 39.7 Å². The molecule has 0 amide bonds. The van der Waals surface area contributed by atoms with Crippen molar-refractivity contribution in [1.29, 1.82) is 0 Å². The molecule has 0 atom stereocenters. The Hall–Kier alpha value is -2.16. The molecule has 0 saturated carbocycles. The van der Waals surface area contributed by atoms with E-state index in [9.17, 15) is 0 Å². The van der Waals surface area contributed by atoms with Crippen LogP contribution in [0.3, 0.4) is 0 Å². The summed E-state index contributed by atoms with van der Waals surface area (Å²) in [6.45, 7) is 8.26. The van der Waals surface area contributed by atoms with E-state index in [1.54, 1.807) is 0 Å². The van der Waals surface area contributed by atoms with Crippen molar-refractivity contribution in [3.8, 4) is 17.2 Å². The number of rotatable bonds is 5. The zero-order valence-corrected chi connectivity index (χ0v) is 13.1. The lowest BCUT2D eigenvalue weighted by Gasteiger charge is -2.15. The summed E-state index contributed by atoms with van der Waals surface area (Å²) in [5.41, 5.74) is 7.89. The van der Waals surface area contributed by atoms with Crippen LogP contribution in [-0.2, 0) is 0 Å². The van der Waals surface area contributed by atoms with E-state index in [0.717, 1.165) is 5.75 Å². The lowest BCUT2D eigenvalue weighted by Crippen LogP contribution is -2.07. The average Bonchev–Trinajstić information content (AvgIpc) is 2.43. The van der Waals surface area contributed by atoms with Gasteiger partial charge in [0.1, 0.15) is 17.2 Å². The molecule has 0 bridgehead atoms. The van der Waals surface area contributed by atoms with Crippen LogP contribution in [0.4, 0.5) is 5.69 Å². The third kappa shape index (κ3) is 3.91. The molecule has 3 nitrogen and oxygen atoms in total. The highest BCUT2D eigenvalue weighted by Gasteiger charge is 2.10. The lowest BCUT2D eigenvalue weighted by molar-refractivity contribution is 0.243. The highest BCUT2D eigenvalue weighted by molar-refractivity contribution is 5.63. The first kappa shape index (κ1) is 15.2. The SMILES string of the molecule is CC(C)Oc1cccc(Oc2cccc(C(C)C)c2)c1N. The van der Waals surface area contributed by atoms with Crippen molar-refractivity contribution >= 4 is 5.69 Å². The van der Waals surface area contributed by atoms with Crippen molar-refractivity contribution in [1.82, 2.24) is 0 Å². The van der Waals surface area contributed by atoms with Crippen LogP contribution in [0.1, 0.15) is 39.2 Å². The molecule has 0 fully saturated rings. The number of benzene rings is 2. The van der Waals surface area contributed by atoms with Crippen molar-refractivity contribution in [2.75, 3.05) is 5.73 Å². The summed E-state index contributed by atoms with van der Waals surface area (Å²) in [5, 5.41) is 0. The molecule has 2 aromatic carbocycles. The fourth-order valence-corrected chi connectivity index (χ4v) is 2.03. The summed E-state index contributed by atoms with van der Waals surface area (Å²) >= 11 is 0. The van der Waals surface area contributed by atoms with E-state index in [1.165, 1.54) is 5.56 Å². The molecule has 2 aromatic rings. The fourth-order valence-electron chi connectivity index (χ4n) is 2.03. The predicted octanol–water partition coefficient (Wildman–Crippen LogP) is 4.97. The Kier molecular flexibility index (Phi) is 4.73. The van der Waals surface area contributed by atoms with Gasteiger partial charge >= 0.3 is 0 Å². The third-order valence-corrected chi connectivity index (χ3v) is 3.14. The maximum absolute atomic E-state index is 6.13. The molecule has 0 unspecified atom stereocenters. The average molecular weight is 285 g/mol. The van der Waals surface area contributed by atoms with Crippen LogP contribution in [0.5, 0.6) is 17.2 Å². The second kappa shape index (κ2) is 6.53. The number of hydrogen-bond acceptors (Lipinski definition) is 3. The first-order valence-corrected chi connectivity index (χ1v) is 7.30. The molecule has 3 heteroatoms. The van der Waals surface area contributed by atoms with Gasteiger partial charge in [-0.2, -0.15) is 0 Å². The van der Waals surface area contributed by atoms with E-state index in [1.807, 2.05) is 50.2 Å². The minimum absolute atomic E-state index is 0.0758. The number of hydrogen-bond donors (Lipinski definition) is 1. The molecule has 2 rings (SSSR count). The largest absolute Gasteiger partial charge is 0.489 e. The topological polar surface area (TPSA) is 44.5 Å². The lowest BCUT2D eigenvalue weighted by atomic mass is 10.0. The van der Waals surface area contributed by atoms with E-state index in [0.29, 0.717) is 23.1 Å². The smallest absolute Gasteiger partial charge is 0.154 e. The number of para-hydroxylation sites is 1. The number of nitrogen functional groups attached to an aromatic ring is 1. The molecular formula is C18H23NO2. The first-order valence-electron chi connectivity index (χ1n) is 7.30. The summed E-state index contributed by atoms with van der Waals surface area (Å²) in [7, 11) is 0. The van der Waals surface area contributed by atoms with Gasteiger partial charge in [0.2, 0.25) is 0 Å². The van der Waals surface area contributed by atoms with Gasteiger partial charge in [-0.15, -0.1) is 0 Å². The molecule has 0 saturated heterocycles. The third-order valence-electron chi connectivity index (χ3n) is 3.14. The van der Waals surface area contributed by atoms with Crippen molar-refractivity contribution < 1.29 is 9.47 Å². The number of anilines is 1. The quantitative estimate of drug-likeness (QED) is 0.789. The van der Waals surface area contributed by atoms with Crippen LogP contribution in [0.2, 0.25) is 0 Å². The maximum atomic E-state index is 6.13. The minimum Gasteiger partial charge on any atom is -0.489 e. The van der Waals surface area contributed by atoms with Crippen LogP contribution < -0.4 is 15.2 Å². The first-order chi connectivity index (χ1) is 9.97. The molecular weight excluding hydrogens is 262 g/mol. The Morgan fingerprint density at radius 2 is 1.57 bits per heavy atom. The van der Waals surface area contributed by atoms with Crippen LogP contribution in [0.15, 0.2) is 42.5 Å². The monoisotopic (exact) mass is 285 g/mol. The Balaban J connectivity index is 2.25. The van der Waals surface area contributed by atoms with E-state index in [-0.39, 0.29) is 6.10 Å². The van der Waals surface area contributed by atoms with E-state index in [2.05, 4.69) is 19.9 Å². The van der Waals surface area contributed by atoms with Gasteiger partial charge in [-0.1, -0.05) is 32.0 Å². The Morgan fingerprint density at radius 3 is 2.24 bits per heavy atom. The fraction of sp³-hybridized carbons (Fsp3) is 0.333. The molecule has 2 N–H and O–H groups in total. The molecule has 0 aliphatic heterocycles. The molecule has 0 spiro atoms. The van der Waals surface area contributed by atoms with Gasteiger partial charge in [-0.25, -0.2) is 0 Å². The van der Waals surface area contributed by atoms with Gasteiger partial charge in [0.15, 0.2) is 5.75 Å². The number of nitrogens with two attached hydrogens (primary N) is 1. The molecule has 21 heavy (non-hydrogen) atoms. The standard InChI is InChI=1S/C18H23NO2/c1-12(2)14-7-5-8-15(11-14)21-17-10-6-9-16(18(17)19)20-13(3)4/h5-13H,19H2,1-4H3. The second-order valence-electron chi connectivity index (χ2n) is 5.66. The van der Waals surface area contributed by atoms with Gasteiger partial charge in [0.25, 0.3) is 0 Å². The molecule has 112 valence electrons. The van der Waals surface area contributed by atoms with E-state index < -0.39 is 0 Å². The number of ether oxygens (including phenoxy) is 2. The second-order valence-corrected chi connectivity index (χ2v) is 5.66. The molecule has 0 radical (unpaired) electrons. The highest BCUT2D eigenvalue weighted by Crippen LogP contribution is 2.35. The van der Waals surface area contributed by atoms with Gasteiger partial charge in [0.05, 0.1) is 6.10 Å². The Morgan fingerprint density at radius 1 is 0.905 bits per heavy atom. The van der Waals surface area contributed by atoms with Crippen LogP contribution in [0, 0.1) is 0 Å². The summed E-state index contributed by atoms with van der Waals surface area (Å²) in [6.07, 6.45) is 0.0758. The Bertz CT molecular complexity index is 606. The maximum Gasteiger partial charge on any atom is 0.154 e. The van der Waals surface area contributed by atoms with Gasteiger partial charge in [-0.3, -0.25) is 0 Å². The zero-order valence-electron chi connectivity index (χ0n) is 13.1. The predicted molar refractivity (Wildman–Crippen MR) is 87.2 cm³/mol. The summed E-state index contributed by atoms with van der Waals surface area (Å²) in [5.74, 6) is 2.52. The van der Waals surface area contributed by atoms with E-state index in [4.69, 9.17) is 15.2 Å². The normalized spacial score (nSPS) is 11.0. The van der Waals surface area contributed by atoms with Crippen molar-refractivity contribution in [3.63, 3.8) is 0 Å². The molecule has 0 aromatic heterocycles. The van der Waals surface area contributed by atoms with Gasteiger partial charge in [-0.05, 0) is 49.6 Å². The molecule has 0 heterocycles. The Labute approximate surface area is 126 Å². The van der Waals surface area contributed by atoms with Crippen LogP contribution in [-0.4, -0.2) is 6.10 Å². The van der Waals surface area contributed by atoms with E-state index >= 15 is 0 Å². The van der Waals surface area contributed by atoms with Gasteiger partial charge < -0.3 is 15.2 Å². The van der Waals surface area contributed by atoms with Crippen molar-refractivity contribution in [3.05, 3.63) is 48.0 Å².